The molecule has 2 rings (SSSR count). The van der Waals surface area contributed by atoms with Crippen LogP contribution in [0.2, 0.25) is 0 Å². The van der Waals surface area contributed by atoms with Crippen LogP contribution in [0, 0.1) is 12.8 Å². The Balaban J connectivity index is 1.96. The van der Waals surface area contributed by atoms with E-state index in [1.54, 1.807) is 0 Å². The van der Waals surface area contributed by atoms with Gasteiger partial charge in [0.25, 0.3) is 0 Å². The third kappa shape index (κ3) is 4.01. The lowest BCUT2D eigenvalue weighted by Gasteiger charge is -2.26. The maximum atomic E-state index is 3.66. The van der Waals surface area contributed by atoms with Gasteiger partial charge >= 0.3 is 0 Å². The predicted octanol–water partition coefficient (Wildman–Crippen LogP) is 4.24. The molecular formula is C14H23NS2. The van der Waals surface area contributed by atoms with Crippen LogP contribution in [0.25, 0.3) is 0 Å². The van der Waals surface area contributed by atoms with E-state index in [1.165, 1.54) is 40.5 Å². The minimum atomic E-state index is 0.590. The highest BCUT2D eigenvalue weighted by Gasteiger charge is 2.20. The van der Waals surface area contributed by atoms with E-state index in [0.717, 1.165) is 12.5 Å². The molecule has 1 aromatic heterocycles. The van der Waals surface area contributed by atoms with Crippen LogP contribution in [0.3, 0.4) is 0 Å². The lowest BCUT2D eigenvalue weighted by Crippen LogP contribution is -2.24. The summed E-state index contributed by atoms with van der Waals surface area (Å²) in [6.07, 6.45) is 4.15. The molecule has 1 unspecified atom stereocenters. The van der Waals surface area contributed by atoms with E-state index >= 15 is 0 Å². The van der Waals surface area contributed by atoms with Crippen LogP contribution in [-0.2, 0) is 0 Å². The van der Waals surface area contributed by atoms with Crippen LogP contribution in [0.5, 0.6) is 0 Å². The Bertz CT molecular complexity index is 329. The third-order valence-electron chi connectivity index (χ3n) is 3.47. The Morgan fingerprint density at radius 1 is 1.35 bits per heavy atom. The standard InChI is InChI=1S/C14H23NS2/c1-3-15-13(14-5-4-11(2)17-14)10-12-6-8-16-9-7-12/h4-5,12-13,15H,3,6-10H2,1-2H3. The van der Waals surface area contributed by atoms with E-state index in [4.69, 9.17) is 0 Å². The van der Waals surface area contributed by atoms with Crippen molar-refractivity contribution in [3.05, 3.63) is 21.9 Å². The molecule has 0 amide bonds. The Morgan fingerprint density at radius 3 is 2.71 bits per heavy atom. The fraction of sp³-hybridized carbons (Fsp3) is 0.714. The first-order chi connectivity index (χ1) is 8.29. The van der Waals surface area contributed by atoms with Gasteiger partial charge < -0.3 is 5.32 Å². The van der Waals surface area contributed by atoms with Gasteiger partial charge in [-0.15, -0.1) is 11.3 Å². The highest BCUT2D eigenvalue weighted by Crippen LogP contribution is 2.33. The molecule has 2 heterocycles. The van der Waals surface area contributed by atoms with Crippen LogP contribution in [0.4, 0.5) is 0 Å². The third-order valence-corrected chi connectivity index (χ3v) is 5.63. The van der Waals surface area contributed by atoms with E-state index in [1.807, 2.05) is 11.3 Å². The quantitative estimate of drug-likeness (QED) is 0.858. The average Bonchev–Trinajstić information content (AvgIpc) is 2.77. The zero-order chi connectivity index (χ0) is 12.1. The Labute approximate surface area is 113 Å². The van der Waals surface area contributed by atoms with Crippen LogP contribution in [-0.4, -0.2) is 18.1 Å². The SMILES string of the molecule is CCNC(CC1CCSCC1)c1ccc(C)s1. The molecule has 0 radical (unpaired) electrons. The fourth-order valence-corrected chi connectivity index (χ4v) is 4.67. The molecule has 3 heteroatoms. The van der Waals surface area contributed by atoms with Crippen LogP contribution in [0.15, 0.2) is 12.1 Å². The van der Waals surface area contributed by atoms with Crippen molar-refractivity contribution in [2.45, 2.75) is 39.2 Å². The lowest BCUT2D eigenvalue weighted by atomic mass is 9.93. The van der Waals surface area contributed by atoms with Gasteiger partial charge in [0.15, 0.2) is 0 Å². The van der Waals surface area contributed by atoms with Crippen molar-refractivity contribution in [1.29, 1.82) is 0 Å². The molecule has 1 atom stereocenters. The fourth-order valence-electron chi connectivity index (χ4n) is 2.50. The second-order valence-corrected chi connectivity index (χ2v) is 7.39. The van der Waals surface area contributed by atoms with E-state index in [2.05, 4.69) is 43.1 Å². The molecule has 1 nitrogen and oxygen atoms in total. The summed E-state index contributed by atoms with van der Waals surface area (Å²) in [5, 5.41) is 3.66. The highest BCUT2D eigenvalue weighted by atomic mass is 32.2. The molecule has 1 N–H and O–H groups in total. The maximum Gasteiger partial charge on any atom is 0.0417 e. The van der Waals surface area contributed by atoms with E-state index in [9.17, 15) is 0 Å². The van der Waals surface area contributed by atoms with Gasteiger partial charge in [0.2, 0.25) is 0 Å². The number of thiophene rings is 1. The number of rotatable bonds is 5. The second-order valence-electron chi connectivity index (χ2n) is 4.85. The molecule has 1 aromatic rings. The summed E-state index contributed by atoms with van der Waals surface area (Å²) in [7, 11) is 0. The zero-order valence-corrected chi connectivity index (χ0v) is 12.5. The number of hydrogen-bond acceptors (Lipinski definition) is 3. The molecule has 1 fully saturated rings. The largest absolute Gasteiger partial charge is 0.310 e. The molecule has 1 aliphatic rings. The van der Waals surface area contributed by atoms with E-state index < -0.39 is 0 Å². The minimum absolute atomic E-state index is 0.590. The molecule has 0 bridgehead atoms. The summed E-state index contributed by atoms with van der Waals surface area (Å²) in [5.74, 6) is 3.67. The number of thioether (sulfide) groups is 1. The summed E-state index contributed by atoms with van der Waals surface area (Å²) >= 11 is 4.08. The summed E-state index contributed by atoms with van der Waals surface area (Å²) in [4.78, 5) is 2.96. The number of aryl methyl sites for hydroxylation is 1. The van der Waals surface area contributed by atoms with Gasteiger partial charge in [-0.25, -0.2) is 0 Å². The van der Waals surface area contributed by atoms with Gasteiger partial charge in [-0.05, 0) is 62.3 Å². The van der Waals surface area contributed by atoms with Crippen molar-refractivity contribution in [3.8, 4) is 0 Å². The molecule has 1 saturated heterocycles. The van der Waals surface area contributed by atoms with Gasteiger partial charge in [-0.1, -0.05) is 6.92 Å². The van der Waals surface area contributed by atoms with E-state index in [0.29, 0.717) is 6.04 Å². The van der Waals surface area contributed by atoms with Gasteiger partial charge in [-0.3, -0.25) is 0 Å². The molecular weight excluding hydrogens is 246 g/mol. The average molecular weight is 269 g/mol. The van der Waals surface area contributed by atoms with Gasteiger partial charge in [0.05, 0.1) is 0 Å². The Morgan fingerprint density at radius 2 is 2.12 bits per heavy atom. The lowest BCUT2D eigenvalue weighted by molar-refractivity contribution is 0.378. The van der Waals surface area contributed by atoms with Crippen LogP contribution in [0.1, 0.15) is 42.0 Å². The molecule has 0 aliphatic carbocycles. The van der Waals surface area contributed by atoms with Crippen LogP contribution >= 0.6 is 23.1 Å². The van der Waals surface area contributed by atoms with Crippen molar-refractivity contribution in [1.82, 2.24) is 5.32 Å². The van der Waals surface area contributed by atoms with Crippen molar-refractivity contribution in [2.24, 2.45) is 5.92 Å². The van der Waals surface area contributed by atoms with Gasteiger partial charge in [0.1, 0.15) is 0 Å². The monoisotopic (exact) mass is 269 g/mol. The summed E-state index contributed by atoms with van der Waals surface area (Å²) < 4.78 is 0. The van der Waals surface area contributed by atoms with Gasteiger partial charge in [0, 0.05) is 15.8 Å². The first-order valence-electron chi connectivity index (χ1n) is 6.67. The Kier molecular flexibility index (Phi) is 5.39. The topological polar surface area (TPSA) is 12.0 Å². The smallest absolute Gasteiger partial charge is 0.0417 e. The molecule has 0 aromatic carbocycles. The number of hydrogen-bond donors (Lipinski definition) is 1. The van der Waals surface area contributed by atoms with Crippen LogP contribution < -0.4 is 5.32 Å². The summed E-state index contributed by atoms with van der Waals surface area (Å²) in [5.41, 5.74) is 0. The second kappa shape index (κ2) is 6.81. The molecule has 0 spiro atoms. The zero-order valence-electron chi connectivity index (χ0n) is 10.9. The van der Waals surface area contributed by atoms with Crippen molar-refractivity contribution >= 4 is 23.1 Å². The van der Waals surface area contributed by atoms with Crippen molar-refractivity contribution in [3.63, 3.8) is 0 Å². The molecule has 17 heavy (non-hydrogen) atoms. The van der Waals surface area contributed by atoms with E-state index in [-0.39, 0.29) is 0 Å². The normalized spacial score (nSPS) is 19.4. The molecule has 0 saturated carbocycles. The van der Waals surface area contributed by atoms with Crippen molar-refractivity contribution < 1.29 is 0 Å². The van der Waals surface area contributed by atoms with Crippen molar-refractivity contribution in [2.75, 3.05) is 18.1 Å². The van der Waals surface area contributed by atoms with Gasteiger partial charge in [-0.2, -0.15) is 11.8 Å². The first-order valence-corrected chi connectivity index (χ1v) is 8.64. The number of nitrogens with one attached hydrogen (secondary N) is 1. The summed E-state index contributed by atoms with van der Waals surface area (Å²) in [6, 6.07) is 5.15. The maximum absolute atomic E-state index is 3.66. The molecule has 96 valence electrons. The minimum Gasteiger partial charge on any atom is -0.310 e. The highest BCUT2D eigenvalue weighted by molar-refractivity contribution is 7.99. The Hall–Kier alpha value is 0.01000. The first kappa shape index (κ1) is 13.4. The summed E-state index contributed by atoms with van der Waals surface area (Å²) in [6.45, 7) is 5.49. The predicted molar refractivity (Wildman–Crippen MR) is 80.1 cm³/mol. The molecule has 1 aliphatic heterocycles.